The number of halogens is 3. The van der Waals surface area contributed by atoms with Crippen molar-refractivity contribution in [1.29, 1.82) is 0 Å². The van der Waals surface area contributed by atoms with Gasteiger partial charge in [-0.3, -0.25) is 20.6 Å². The van der Waals surface area contributed by atoms with E-state index in [0.29, 0.717) is 17.2 Å². The van der Waals surface area contributed by atoms with E-state index in [1.165, 1.54) is 23.1 Å². The van der Waals surface area contributed by atoms with E-state index in [4.69, 9.17) is 0 Å². The predicted octanol–water partition coefficient (Wildman–Crippen LogP) is 3.81. The maximum Gasteiger partial charge on any atom is 0.433 e. The highest BCUT2D eigenvalue weighted by molar-refractivity contribution is 5.94. The summed E-state index contributed by atoms with van der Waals surface area (Å²) in [7, 11) is 0. The number of hydrogen-bond acceptors (Lipinski definition) is 6. The highest BCUT2D eigenvalue weighted by Gasteiger charge is 2.34. The van der Waals surface area contributed by atoms with Crippen molar-refractivity contribution in [1.82, 2.24) is 30.2 Å². The molecule has 0 spiro atoms. The quantitative estimate of drug-likeness (QED) is 0.459. The first-order chi connectivity index (χ1) is 15.3. The van der Waals surface area contributed by atoms with Crippen molar-refractivity contribution in [3.63, 3.8) is 0 Å². The molecule has 3 heterocycles. The average molecular weight is 439 g/mol. The number of hydrazine groups is 1. The Morgan fingerprint density at radius 1 is 1.06 bits per heavy atom. The molecule has 0 aliphatic rings. The van der Waals surface area contributed by atoms with Crippen LogP contribution in [0.5, 0.6) is 0 Å². The summed E-state index contributed by atoms with van der Waals surface area (Å²) in [6.45, 7) is 1.70. The summed E-state index contributed by atoms with van der Waals surface area (Å²) in [5.41, 5.74) is 5.35. The summed E-state index contributed by atoms with van der Waals surface area (Å²) in [6, 6.07) is 13.0. The Balaban J connectivity index is 1.57. The van der Waals surface area contributed by atoms with Crippen LogP contribution in [0.1, 0.15) is 21.7 Å². The number of pyridine rings is 1. The Hall–Kier alpha value is -4.28. The molecule has 2 N–H and O–H groups in total. The van der Waals surface area contributed by atoms with Gasteiger partial charge in [-0.15, -0.1) is 0 Å². The fourth-order valence-corrected chi connectivity index (χ4v) is 2.86. The smallest absolute Gasteiger partial charge is 0.281 e. The predicted molar refractivity (Wildman–Crippen MR) is 110 cm³/mol. The van der Waals surface area contributed by atoms with Crippen LogP contribution < -0.4 is 10.9 Å². The lowest BCUT2D eigenvalue weighted by molar-refractivity contribution is -0.141. The summed E-state index contributed by atoms with van der Waals surface area (Å²) in [6.07, 6.45) is -0.201. The molecule has 0 saturated heterocycles. The average Bonchev–Trinajstić information content (AvgIpc) is 3.19. The van der Waals surface area contributed by atoms with Gasteiger partial charge in [0.1, 0.15) is 5.82 Å². The van der Waals surface area contributed by atoms with Gasteiger partial charge in [0.15, 0.2) is 17.2 Å². The van der Waals surface area contributed by atoms with E-state index in [-0.39, 0.29) is 17.3 Å². The van der Waals surface area contributed by atoms with Crippen LogP contribution in [-0.2, 0) is 6.18 Å². The standard InChI is InChI=1S/C21H16F3N7O/c1-13-12-31(15-7-3-2-4-8-15)30-18(13)20(32)29-28-17-10-16(21(22,23)24)26-19(27-17)14-6-5-9-25-11-14/h2-12H,1H3,(H,29,32)(H,26,27,28). The topological polar surface area (TPSA) is 97.6 Å². The molecule has 0 fully saturated rings. The third kappa shape index (κ3) is 4.56. The summed E-state index contributed by atoms with van der Waals surface area (Å²) in [5.74, 6) is -1.05. The van der Waals surface area contributed by atoms with Gasteiger partial charge in [-0.1, -0.05) is 18.2 Å². The van der Waals surface area contributed by atoms with Gasteiger partial charge in [-0.25, -0.2) is 14.6 Å². The van der Waals surface area contributed by atoms with Crippen LogP contribution in [0.25, 0.3) is 17.1 Å². The number of benzene rings is 1. The molecule has 0 saturated carbocycles. The summed E-state index contributed by atoms with van der Waals surface area (Å²) >= 11 is 0. The Labute approximate surface area is 180 Å². The number of carbonyl (C=O) groups excluding carboxylic acids is 1. The molecule has 3 aromatic heterocycles. The largest absolute Gasteiger partial charge is 0.433 e. The first-order valence-electron chi connectivity index (χ1n) is 9.36. The second kappa shape index (κ2) is 8.46. The van der Waals surface area contributed by atoms with Gasteiger partial charge < -0.3 is 0 Å². The fourth-order valence-electron chi connectivity index (χ4n) is 2.86. The Kier molecular flexibility index (Phi) is 5.54. The molecule has 0 aliphatic carbocycles. The fraction of sp³-hybridized carbons (Fsp3) is 0.0952. The van der Waals surface area contributed by atoms with Gasteiger partial charge in [-0.05, 0) is 31.2 Å². The van der Waals surface area contributed by atoms with Crippen molar-refractivity contribution >= 4 is 11.7 Å². The highest BCUT2D eigenvalue weighted by Crippen LogP contribution is 2.30. The van der Waals surface area contributed by atoms with E-state index in [1.54, 1.807) is 19.2 Å². The summed E-state index contributed by atoms with van der Waals surface area (Å²) in [4.78, 5) is 24.1. The van der Waals surface area contributed by atoms with Crippen LogP contribution in [0.3, 0.4) is 0 Å². The molecule has 0 atom stereocenters. The maximum absolute atomic E-state index is 13.3. The lowest BCUT2D eigenvalue weighted by Gasteiger charge is -2.12. The van der Waals surface area contributed by atoms with Crippen LogP contribution in [0.2, 0.25) is 0 Å². The number of alkyl halides is 3. The van der Waals surface area contributed by atoms with E-state index in [2.05, 4.69) is 30.9 Å². The number of aromatic nitrogens is 5. The van der Waals surface area contributed by atoms with Crippen LogP contribution >= 0.6 is 0 Å². The van der Waals surface area contributed by atoms with E-state index < -0.39 is 17.8 Å². The second-order valence-electron chi connectivity index (χ2n) is 6.72. The molecular formula is C21H16F3N7O. The van der Waals surface area contributed by atoms with Gasteiger partial charge in [0, 0.05) is 35.8 Å². The molecule has 32 heavy (non-hydrogen) atoms. The molecule has 1 aromatic carbocycles. The minimum atomic E-state index is -4.70. The number of anilines is 1. The van der Waals surface area contributed by atoms with Gasteiger partial charge in [0.05, 0.1) is 5.69 Å². The van der Waals surface area contributed by atoms with Crippen molar-refractivity contribution in [2.24, 2.45) is 0 Å². The molecule has 0 bridgehead atoms. The first-order valence-corrected chi connectivity index (χ1v) is 9.36. The molecule has 8 nitrogen and oxygen atoms in total. The van der Waals surface area contributed by atoms with Crippen LogP contribution in [-0.4, -0.2) is 30.6 Å². The van der Waals surface area contributed by atoms with Gasteiger partial charge in [0.2, 0.25) is 0 Å². The molecule has 162 valence electrons. The van der Waals surface area contributed by atoms with Crippen LogP contribution in [0, 0.1) is 6.92 Å². The van der Waals surface area contributed by atoms with E-state index in [9.17, 15) is 18.0 Å². The number of amides is 1. The second-order valence-corrected chi connectivity index (χ2v) is 6.72. The van der Waals surface area contributed by atoms with Gasteiger partial charge >= 0.3 is 6.18 Å². The molecule has 11 heteroatoms. The zero-order valence-electron chi connectivity index (χ0n) is 16.6. The first kappa shape index (κ1) is 21.0. The highest BCUT2D eigenvalue weighted by atomic mass is 19.4. The molecule has 0 unspecified atom stereocenters. The van der Waals surface area contributed by atoms with Gasteiger partial charge in [-0.2, -0.15) is 18.3 Å². The zero-order chi connectivity index (χ0) is 22.7. The number of nitrogens with zero attached hydrogens (tertiary/aromatic N) is 5. The van der Waals surface area contributed by atoms with E-state index in [1.807, 2.05) is 30.3 Å². The van der Waals surface area contributed by atoms with E-state index in [0.717, 1.165) is 5.69 Å². The third-order valence-electron chi connectivity index (χ3n) is 4.37. The van der Waals surface area contributed by atoms with Crippen molar-refractivity contribution in [2.75, 3.05) is 5.43 Å². The SMILES string of the molecule is Cc1cn(-c2ccccc2)nc1C(=O)NNc1cc(C(F)(F)F)nc(-c2cccnc2)n1. The van der Waals surface area contributed by atoms with E-state index >= 15 is 0 Å². The Bertz CT molecular complexity index is 1240. The lowest BCUT2D eigenvalue weighted by atomic mass is 10.2. The Morgan fingerprint density at radius 3 is 2.53 bits per heavy atom. The number of rotatable bonds is 5. The minimum Gasteiger partial charge on any atom is -0.281 e. The monoisotopic (exact) mass is 439 g/mol. The number of aryl methyl sites for hydroxylation is 1. The Morgan fingerprint density at radius 2 is 1.84 bits per heavy atom. The molecular weight excluding hydrogens is 423 g/mol. The third-order valence-corrected chi connectivity index (χ3v) is 4.37. The van der Waals surface area contributed by atoms with Crippen LogP contribution in [0.4, 0.5) is 19.0 Å². The van der Waals surface area contributed by atoms with Crippen LogP contribution in [0.15, 0.2) is 67.1 Å². The molecule has 1 amide bonds. The molecule has 0 radical (unpaired) electrons. The zero-order valence-corrected chi connectivity index (χ0v) is 16.6. The van der Waals surface area contributed by atoms with Crippen molar-refractivity contribution in [3.8, 4) is 17.1 Å². The number of para-hydroxylation sites is 1. The summed E-state index contributed by atoms with van der Waals surface area (Å²) < 4.78 is 41.5. The lowest BCUT2D eigenvalue weighted by Crippen LogP contribution is -2.31. The van der Waals surface area contributed by atoms with Gasteiger partial charge in [0.25, 0.3) is 5.91 Å². The number of nitrogens with one attached hydrogen (secondary N) is 2. The van der Waals surface area contributed by atoms with Crippen molar-refractivity contribution in [3.05, 3.63) is 84.1 Å². The molecule has 4 aromatic rings. The molecule has 4 rings (SSSR count). The molecule has 0 aliphatic heterocycles. The normalized spacial score (nSPS) is 11.2. The summed E-state index contributed by atoms with van der Waals surface area (Å²) in [5, 5.41) is 4.26. The maximum atomic E-state index is 13.3. The number of hydrogen-bond donors (Lipinski definition) is 2. The van der Waals surface area contributed by atoms with Crippen molar-refractivity contribution < 1.29 is 18.0 Å². The van der Waals surface area contributed by atoms with Crippen molar-refractivity contribution in [2.45, 2.75) is 13.1 Å². The minimum absolute atomic E-state index is 0.110. The number of carbonyl (C=O) groups is 1.